The summed E-state index contributed by atoms with van der Waals surface area (Å²) >= 11 is 3.35. The van der Waals surface area contributed by atoms with Crippen LogP contribution in [0.15, 0.2) is 109 Å². The van der Waals surface area contributed by atoms with Crippen LogP contribution in [0.3, 0.4) is 0 Å². The highest BCUT2D eigenvalue weighted by molar-refractivity contribution is 7.23. The van der Waals surface area contributed by atoms with Crippen molar-refractivity contribution in [3.63, 3.8) is 0 Å². The molecule has 0 amide bonds. The van der Waals surface area contributed by atoms with Gasteiger partial charge in [0.05, 0.1) is 32.7 Å². The second-order valence-electron chi connectivity index (χ2n) is 18.3. The molecule has 4 heteroatoms. The molecule has 0 aliphatic carbocycles. The maximum Gasteiger partial charge on any atom is 0.119 e. The molecule has 6 rings (SSSR count). The second-order valence-corrected chi connectivity index (χ2v) is 20.4. The number of hydrogen-bond acceptors (Lipinski definition) is 4. The third kappa shape index (κ3) is 19.1. The van der Waals surface area contributed by atoms with Gasteiger partial charge in [0.1, 0.15) is 11.5 Å². The van der Waals surface area contributed by atoms with Gasteiger partial charge in [-0.15, -0.1) is 22.7 Å². The van der Waals surface area contributed by atoms with Crippen LogP contribution in [0.25, 0.3) is 9.75 Å². The molecule has 0 saturated carbocycles. The molecule has 2 nitrogen and oxygen atoms in total. The predicted octanol–water partition coefficient (Wildman–Crippen LogP) is 18.0. The molecule has 0 radical (unpaired) electrons. The van der Waals surface area contributed by atoms with Gasteiger partial charge in [-0.3, -0.25) is 0 Å². The standard InChI is InChI=1S/C66H74O2S2/c1-5-9-13-17-19-23-53-25-29-55(30-26-53)39-47-63-51-59(41-33-57-35-43-61(44-36-57)67-49-21-15-11-7-3)65(69-63)66-60(42-34-58-37-45-62(46-38-58)68-50-22-16-12-8-4)52-64(70-66)48-40-56-31-27-54(28-32-56)24-20-18-14-10-6-2/h25-32,35-38,43-46,51-52H,5-24,49-50H2,1-4H3. The molecule has 2 aromatic heterocycles. The van der Waals surface area contributed by atoms with Crippen LogP contribution >= 0.6 is 22.7 Å². The van der Waals surface area contributed by atoms with Crippen LogP contribution in [0.4, 0.5) is 0 Å². The van der Waals surface area contributed by atoms with E-state index in [0.717, 1.165) is 103 Å². The smallest absolute Gasteiger partial charge is 0.119 e. The zero-order chi connectivity index (χ0) is 48.9. The van der Waals surface area contributed by atoms with Crippen molar-refractivity contribution in [2.24, 2.45) is 0 Å². The fraction of sp³-hybridized carbons (Fsp3) is 0.394. The first-order chi connectivity index (χ1) is 34.5. The van der Waals surface area contributed by atoms with Crippen LogP contribution in [0.5, 0.6) is 11.5 Å². The lowest BCUT2D eigenvalue weighted by Gasteiger charge is -2.05. The van der Waals surface area contributed by atoms with E-state index in [1.807, 2.05) is 24.3 Å². The van der Waals surface area contributed by atoms with Gasteiger partial charge in [0.2, 0.25) is 0 Å². The van der Waals surface area contributed by atoms with Crippen molar-refractivity contribution in [3.05, 3.63) is 163 Å². The van der Waals surface area contributed by atoms with Crippen molar-refractivity contribution in [1.82, 2.24) is 0 Å². The average Bonchev–Trinajstić information content (AvgIpc) is 4.00. The molecule has 2 heterocycles. The van der Waals surface area contributed by atoms with E-state index in [0.29, 0.717) is 0 Å². The Morgan fingerprint density at radius 2 is 0.643 bits per heavy atom. The van der Waals surface area contributed by atoms with E-state index in [1.165, 1.54) is 114 Å². The third-order valence-electron chi connectivity index (χ3n) is 12.3. The van der Waals surface area contributed by atoms with Crippen LogP contribution < -0.4 is 9.47 Å². The number of thiophene rings is 2. The predicted molar refractivity (Wildman–Crippen MR) is 302 cm³/mol. The molecule has 0 spiro atoms. The van der Waals surface area contributed by atoms with Crippen LogP contribution in [0.2, 0.25) is 0 Å². The Morgan fingerprint density at radius 1 is 0.329 bits per heavy atom. The van der Waals surface area contributed by atoms with Crippen molar-refractivity contribution < 1.29 is 9.47 Å². The molecule has 6 aromatic rings. The fourth-order valence-electron chi connectivity index (χ4n) is 8.06. The summed E-state index contributed by atoms with van der Waals surface area (Å²) in [5, 5.41) is 0. The van der Waals surface area contributed by atoms with E-state index in [2.05, 4.69) is 160 Å². The van der Waals surface area contributed by atoms with E-state index < -0.39 is 0 Å². The molecule has 0 fully saturated rings. The van der Waals surface area contributed by atoms with E-state index in [9.17, 15) is 0 Å². The summed E-state index contributed by atoms with van der Waals surface area (Å²) in [5.74, 6) is 29.8. The van der Waals surface area contributed by atoms with Crippen LogP contribution in [0.1, 0.15) is 198 Å². The van der Waals surface area contributed by atoms with Crippen LogP contribution in [0, 0.1) is 47.4 Å². The number of aryl methyl sites for hydroxylation is 2. The molecule has 0 unspecified atom stereocenters. The summed E-state index contributed by atoms with van der Waals surface area (Å²) in [6.45, 7) is 10.5. The highest BCUT2D eigenvalue weighted by atomic mass is 32.1. The molecule has 0 N–H and O–H groups in total. The monoisotopic (exact) mass is 963 g/mol. The summed E-state index contributed by atoms with van der Waals surface area (Å²) in [6, 6.07) is 38.2. The number of hydrogen-bond donors (Lipinski definition) is 0. The maximum atomic E-state index is 6.04. The lowest BCUT2D eigenvalue weighted by Crippen LogP contribution is -1.96. The Morgan fingerprint density at radius 3 is 1.00 bits per heavy atom. The Labute approximate surface area is 431 Å². The quantitative estimate of drug-likeness (QED) is 0.0420. The number of unbranched alkanes of at least 4 members (excludes halogenated alkanes) is 14. The highest BCUT2D eigenvalue weighted by Crippen LogP contribution is 2.40. The van der Waals surface area contributed by atoms with Gasteiger partial charge in [-0.1, -0.05) is 189 Å². The zero-order valence-electron chi connectivity index (χ0n) is 42.6. The first-order valence-corrected chi connectivity index (χ1v) is 28.2. The largest absolute Gasteiger partial charge is 0.494 e. The topological polar surface area (TPSA) is 18.5 Å². The minimum Gasteiger partial charge on any atom is -0.494 e. The highest BCUT2D eigenvalue weighted by Gasteiger charge is 2.16. The van der Waals surface area contributed by atoms with Crippen LogP contribution in [-0.4, -0.2) is 13.2 Å². The first-order valence-electron chi connectivity index (χ1n) is 26.5. The Kier molecular flexibility index (Phi) is 24.0. The zero-order valence-corrected chi connectivity index (χ0v) is 44.2. The third-order valence-corrected chi connectivity index (χ3v) is 14.6. The number of benzene rings is 4. The van der Waals surface area contributed by atoms with Crippen molar-refractivity contribution >= 4 is 22.7 Å². The summed E-state index contributed by atoms with van der Waals surface area (Å²) in [6.07, 6.45) is 24.6. The van der Waals surface area contributed by atoms with E-state index in [-0.39, 0.29) is 0 Å². The van der Waals surface area contributed by atoms with Gasteiger partial charge in [-0.25, -0.2) is 0 Å². The Balaban J connectivity index is 1.31. The maximum absolute atomic E-state index is 6.04. The minimum atomic E-state index is 0.735. The van der Waals surface area contributed by atoms with E-state index in [4.69, 9.17) is 9.47 Å². The van der Waals surface area contributed by atoms with Gasteiger partial charge in [0.15, 0.2) is 0 Å². The summed E-state index contributed by atoms with van der Waals surface area (Å²) in [5.41, 5.74) is 8.50. The lowest BCUT2D eigenvalue weighted by atomic mass is 10.0. The van der Waals surface area contributed by atoms with Crippen molar-refractivity contribution in [2.75, 3.05) is 13.2 Å². The molecular formula is C66H74O2S2. The van der Waals surface area contributed by atoms with Gasteiger partial charge in [0.25, 0.3) is 0 Å². The molecule has 362 valence electrons. The fourth-order valence-corrected chi connectivity index (χ4v) is 10.1. The Hall–Kier alpha value is -5.88. The normalized spacial score (nSPS) is 10.5. The number of ether oxygens (including phenoxy) is 2. The summed E-state index contributed by atoms with van der Waals surface area (Å²) < 4.78 is 12.1. The van der Waals surface area contributed by atoms with Crippen molar-refractivity contribution in [2.45, 2.75) is 156 Å². The van der Waals surface area contributed by atoms with E-state index >= 15 is 0 Å². The van der Waals surface area contributed by atoms with Crippen LogP contribution in [-0.2, 0) is 12.8 Å². The second kappa shape index (κ2) is 31.4. The van der Waals surface area contributed by atoms with Crippen molar-refractivity contribution in [3.8, 4) is 68.6 Å². The summed E-state index contributed by atoms with van der Waals surface area (Å²) in [4.78, 5) is 4.03. The lowest BCUT2D eigenvalue weighted by molar-refractivity contribution is 0.305. The molecule has 0 aliphatic heterocycles. The molecule has 70 heavy (non-hydrogen) atoms. The number of rotatable bonds is 25. The molecule has 4 aromatic carbocycles. The average molecular weight is 963 g/mol. The summed E-state index contributed by atoms with van der Waals surface area (Å²) in [7, 11) is 0. The van der Waals surface area contributed by atoms with Gasteiger partial charge in [-0.05, 0) is 135 Å². The van der Waals surface area contributed by atoms with Crippen molar-refractivity contribution in [1.29, 1.82) is 0 Å². The molecule has 0 atom stereocenters. The minimum absolute atomic E-state index is 0.735. The van der Waals surface area contributed by atoms with Gasteiger partial charge >= 0.3 is 0 Å². The molecular weight excluding hydrogens is 889 g/mol. The molecule has 0 aliphatic rings. The molecule has 0 bridgehead atoms. The molecule has 0 saturated heterocycles. The SMILES string of the molecule is CCCCCCCc1ccc(C#Cc2cc(C#Cc3ccc(OCCCCCC)cc3)c(-c3sc(C#Cc4ccc(CCCCCCC)cc4)cc3C#Cc3ccc(OCCCCCC)cc3)s2)cc1. The van der Waals surface area contributed by atoms with Gasteiger partial charge in [-0.2, -0.15) is 0 Å². The Bertz CT molecular complexity index is 2510. The first kappa shape index (κ1) is 53.5. The van der Waals surface area contributed by atoms with Gasteiger partial charge < -0.3 is 9.47 Å². The van der Waals surface area contributed by atoms with E-state index in [1.54, 1.807) is 22.7 Å². The van der Waals surface area contributed by atoms with Gasteiger partial charge in [0, 0.05) is 33.4 Å².